The molecule has 0 saturated carbocycles. The lowest BCUT2D eigenvalue weighted by Crippen LogP contribution is -2.16. The molecule has 0 aliphatic rings. The third kappa shape index (κ3) is 2.88. The van der Waals surface area contributed by atoms with E-state index < -0.39 is 6.36 Å². The Morgan fingerprint density at radius 1 is 1.22 bits per heavy atom. The van der Waals surface area contributed by atoms with Crippen molar-refractivity contribution in [1.82, 2.24) is 4.98 Å². The molecule has 0 bridgehead atoms. The molecule has 0 radical (unpaired) electrons. The van der Waals surface area contributed by atoms with E-state index in [4.69, 9.17) is 4.42 Å². The van der Waals surface area contributed by atoms with E-state index >= 15 is 0 Å². The molecule has 0 saturated heterocycles. The molecule has 0 unspecified atom stereocenters. The summed E-state index contributed by atoms with van der Waals surface area (Å²) >= 11 is 0. The molecule has 7 heteroatoms. The number of aromatic nitrogens is 1. The van der Waals surface area contributed by atoms with E-state index in [0.29, 0.717) is 11.8 Å². The number of alkyl halides is 3. The Kier molecular flexibility index (Phi) is 3.05. The SMILES string of the molecule is O=Cc1ncc(-c2ccc(OC(F)(F)F)cc2)o1. The summed E-state index contributed by atoms with van der Waals surface area (Å²) in [6.07, 6.45) is -2.98. The van der Waals surface area contributed by atoms with Gasteiger partial charge >= 0.3 is 6.36 Å². The number of nitrogens with zero attached hydrogens (tertiary/aromatic N) is 1. The minimum absolute atomic E-state index is 0.0966. The Morgan fingerprint density at radius 2 is 1.89 bits per heavy atom. The quantitative estimate of drug-likeness (QED) is 0.793. The lowest BCUT2D eigenvalue weighted by atomic mass is 10.2. The Labute approximate surface area is 99.0 Å². The van der Waals surface area contributed by atoms with Gasteiger partial charge in [-0.25, -0.2) is 4.98 Å². The first-order valence-electron chi connectivity index (χ1n) is 4.75. The van der Waals surface area contributed by atoms with Crippen LogP contribution in [0.2, 0.25) is 0 Å². The lowest BCUT2D eigenvalue weighted by molar-refractivity contribution is -0.274. The summed E-state index contributed by atoms with van der Waals surface area (Å²) in [7, 11) is 0. The first kappa shape index (κ1) is 12.2. The van der Waals surface area contributed by atoms with Crippen LogP contribution in [-0.4, -0.2) is 17.6 Å². The standard InChI is InChI=1S/C11H6F3NO3/c12-11(13,14)18-8-3-1-7(2-4-8)9-5-15-10(6-16)17-9/h1-6H. The zero-order valence-corrected chi connectivity index (χ0v) is 8.77. The topological polar surface area (TPSA) is 52.3 Å². The highest BCUT2D eigenvalue weighted by Gasteiger charge is 2.30. The van der Waals surface area contributed by atoms with Crippen LogP contribution in [0, 0.1) is 0 Å². The highest BCUT2D eigenvalue weighted by Crippen LogP contribution is 2.26. The van der Waals surface area contributed by atoms with Gasteiger partial charge < -0.3 is 9.15 Å². The zero-order valence-electron chi connectivity index (χ0n) is 8.77. The van der Waals surface area contributed by atoms with E-state index in [1.54, 1.807) is 0 Å². The van der Waals surface area contributed by atoms with Crippen LogP contribution in [-0.2, 0) is 0 Å². The van der Waals surface area contributed by atoms with Crippen LogP contribution < -0.4 is 4.74 Å². The van der Waals surface area contributed by atoms with Crippen molar-refractivity contribution >= 4 is 6.29 Å². The number of halogens is 3. The van der Waals surface area contributed by atoms with Crippen LogP contribution >= 0.6 is 0 Å². The molecule has 94 valence electrons. The highest BCUT2D eigenvalue weighted by atomic mass is 19.4. The van der Waals surface area contributed by atoms with Gasteiger partial charge in [0.25, 0.3) is 5.89 Å². The maximum absolute atomic E-state index is 11.9. The van der Waals surface area contributed by atoms with Crippen LogP contribution in [0.5, 0.6) is 5.75 Å². The molecule has 0 spiro atoms. The summed E-state index contributed by atoms with van der Waals surface area (Å²) < 4.78 is 44.5. The second-order valence-electron chi connectivity index (χ2n) is 3.25. The average molecular weight is 257 g/mol. The smallest absolute Gasteiger partial charge is 0.434 e. The Morgan fingerprint density at radius 3 is 2.39 bits per heavy atom. The van der Waals surface area contributed by atoms with Crippen LogP contribution in [0.1, 0.15) is 10.7 Å². The summed E-state index contributed by atoms with van der Waals surface area (Å²) in [5.74, 6) is -0.141. The maximum atomic E-state index is 11.9. The molecule has 0 atom stereocenters. The van der Waals surface area contributed by atoms with Crippen molar-refractivity contribution in [1.29, 1.82) is 0 Å². The molecule has 0 aliphatic heterocycles. The minimum atomic E-state index is -4.72. The summed E-state index contributed by atoms with van der Waals surface area (Å²) in [4.78, 5) is 14.0. The first-order valence-corrected chi connectivity index (χ1v) is 4.75. The summed E-state index contributed by atoms with van der Waals surface area (Å²) in [5.41, 5.74) is 0.491. The Hall–Kier alpha value is -2.31. The van der Waals surface area contributed by atoms with Gasteiger partial charge in [-0.2, -0.15) is 0 Å². The number of carbonyl (C=O) groups excluding carboxylic acids is 1. The molecule has 0 aliphatic carbocycles. The van der Waals surface area contributed by atoms with E-state index in [9.17, 15) is 18.0 Å². The molecule has 1 aromatic heterocycles. The number of carbonyl (C=O) groups is 1. The largest absolute Gasteiger partial charge is 0.573 e. The molecule has 1 heterocycles. The molecule has 0 amide bonds. The second-order valence-corrected chi connectivity index (χ2v) is 3.25. The van der Waals surface area contributed by atoms with E-state index in [0.717, 1.165) is 12.1 Å². The minimum Gasteiger partial charge on any atom is -0.434 e. The van der Waals surface area contributed by atoms with Gasteiger partial charge in [0.15, 0.2) is 5.76 Å². The molecule has 2 aromatic rings. The normalized spacial score (nSPS) is 11.3. The Bertz CT molecular complexity index is 545. The lowest BCUT2D eigenvalue weighted by Gasteiger charge is -2.08. The van der Waals surface area contributed by atoms with Gasteiger partial charge in [-0.3, -0.25) is 4.79 Å². The molecule has 4 nitrogen and oxygen atoms in total. The average Bonchev–Trinajstić information content (AvgIpc) is 2.76. The third-order valence-corrected chi connectivity index (χ3v) is 2.00. The number of hydrogen-bond donors (Lipinski definition) is 0. The Balaban J connectivity index is 2.19. The van der Waals surface area contributed by atoms with Gasteiger partial charge in [-0.05, 0) is 24.3 Å². The van der Waals surface area contributed by atoms with Crippen LogP contribution in [0.4, 0.5) is 13.2 Å². The molecule has 18 heavy (non-hydrogen) atoms. The highest BCUT2D eigenvalue weighted by molar-refractivity contribution is 5.69. The molecular weight excluding hydrogens is 251 g/mol. The predicted molar refractivity (Wildman–Crippen MR) is 54.0 cm³/mol. The molecular formula is C11H6F3NO3. The van der Waals surface area contributed by atoms with E-state index in [-0.39, 0.29) is 17.4 Å². The van der Waals surface area contributed by atoms with Gasteiger partial charge in [-0.1, -0.05) is 0 Å². The number of rotatable bonds is 3. The third-order valence-electron chi connectivity index (χ3n) is 2.00. The summed E-state index contributed by atoms with van der Waals surface area (Å²) in [6.45, 7) is 0. The number of aldehydes is 1. The fraction of sp³-hybridized carbons (Fsp3) is 0.0909. The maximum Gasteiger partial charge on any atom is 0.573 e. The van der Waals surface area contributed by atoms with Crippen molar-refractivity contribution < 1.29 is 27.1 Å². The first-order chi connectivity index (χ1) is 8.48. The van der Waals surface area contributed by atoms with Gasteiger partial charge in [-0.15, -0.1) is 13.2 Å². The fourth-order valence-electron chi connectivity index (χ4n) is 1.30. The van der Waals surface area contributed by atoms with Crippen LogP contribution in [0.15, 0.2) is 34.9 Å². The predicted octanol–water partition coefficient (Wildman–Crippen LogP) is 3.05. The molecule has 2 rings (SSSR count). The van der Waals surface area contributed by atoms with E-state index in [2.05, 4.69) is 9.72 Å². The van der Waals surface area contributed by atoms with Crippen molar-refractivity contribution in [3.05, 3.63) is 36.4 Å². The molecule has 0 N–H and O–H groups in total. The van der Waals surface area contributed by atoms with Crippen molar-refractivity contribution in [3.8, 4) is 17.1 Å². The number of ether oxygens (including phenoxy) is 1. The van der Waals surface area contributed by atoms with Crippen molar-refractivity contribution in [2.24, 2.45) is 0 Å². The van der Waals surface area contributed by atoms with Gasteiger partial charge in [0.05, 0.1) is 6.20 Å². The molecule has 0 fully saturated rings. The number of oxazole rings is 1. The van der Waals surface area contributed by atoms with Gasteiger partial charge in [0.2, 0.25) is 6.29 Å². The summed E-state index contributed by atoms with van der Waals surface area (Å²) in [6, 6.07) is 5.03. The van der Waals surface area contributed by atoms with Crippen LogP contribution in [0.25, 0.3) is 11.3 Å². The fourth-order valence-corrected chi connectivity index (χ4v) is 1.30. The molecule has 1 aromatic carbocycles. The zero-order chi connectivity index (χ0) is 13.2. The van der Waals surface area contributed by atoms with Gasteiger partial charge in [0.1, 0.15) is 5.75 Å². The number of benzene rings is 1. The van der Waals surface area contributed by atoms with Crippen molar-refractivity contribution in [2.75, 3.05) is 0 Å². The van der Waals surface area contributed by atoms with E-state index in [1.165, 1.54) is 18.3 Å². The van der Waals surface area contributed by atoms with Crippen LogP contribution in [0.3, 0.4) is 0 Å². The van der Waals surface area contributed by atoms with Crippen molar-refractivity contribution in [3.63, 3.8) is 0 Å². The van der Waals surface area contributed by atoms with Crippen molar-refractivity contribution in [2.45, 2.75) is 6.36 Å². The number of hydrogen-bond acceptors (Lipinski definition) is 4. The summed E-state index contributed by atoms with van der Waals surface area (Å²) in [5, 5.41) is 0. The van der Waals surface area contributed by atoms with E-state index in [1.807, 2.05) is 0 Å². The van der Waals surface area contributed by atoms with Gasteiger partial charge in [0, 0.05) is 5.56 Å². The second kappa shape index (κ2) is 4.52. The monoisotopic (exact) mass is 257 g/mol.